The van der Waals surface area contributed by atoms with Gasteiger partial charge in [-0.2, -0.15) is 0 Å². The average Bonchev–Trinajstić information content (AvgIpc) is 2.73. The van der Waals surface area contributed by atoms with Gasteiger partial charge >= 0.3 is 0 Å². The summed E-state index contributed by atoms with van der Waals surface area (Å²) in [5.41, 5.74) is 1.45. The Hall–Kier alpha value is -0.260. The number of thiophene rings is 1. The molecule has 0 saturated heterocycles. The molecule has 0 radical (unpaired) electrons. The van der Waals surface area contributed by atoms with Crippen molar-refractivity contribution in [2.75, 3.05) is 5.33 Å². The van der Waals surface area contributed by atoms with Gasteiger partial charge < -0.3 is 0 Å². The maximum absolute atomic E-state index is 3.39. The van der Waals surface area contributed by atoms with Crippen LogP contribution in [0.15, 0.2) is 11.4 Å². The van der Waals surface area contributed by atoms with E-state index >= 15 is 0 Å². The fourth-order valence-electron chi connectivity index (χ4n) is 1.57. The molecule has 1 aromatic heterocycles. The summed E-state index contributed by atoms with van der Waals surface area (Å²) in [7, 11) is 0. The molecule has 0 bridgehead atoms. The molecule has 0 amide bonds. The Morgan fingerprint density at radius 1 is 1.31 bits per heavy atom. The average molecular weight is 299 g/mol. The van der Waals surface area contributed by atoms with Gasteiger partial charge in [0, 0.05) is 11.8 Å². The summed E-state index contributed by atoms with van der Waals surface area (Å²) in [4.78, 5) is 1.28. The zero-order valence-corrected chi connectivity index (χ0v) is 12.3. The minimum Gasteiger partial charge on any atom is -0.135 e. The van der Waals surface area contributed by atoms with Crippen LogP contribution in [0.4, 0.5) is 0 Å². The standard InChI is InChI=1S/C14H19BrS/c1-2-3-4-5-8-13-10-12-16-14(13)9-6-7-11-15/h10,12H,2-5,7-8,11H2,1H3. The van der Waals surface area contributed by atoms with Crippen LogP contribution in [0.2, 0.25) is 0 Å². The molecule has 0 spiro atoms. The second-order valence-corrected chi connectivity index (χ2v) is 5.54. The van der Waals surface area contributed by atoms with Gasteiger partial charge in [-0.1, -0.05) is 54.0 Å². The van der Waals surface area contributed by atoms with E-state index in [1.54, 1.807) is 11.3 Å². The summed E-state index contributed by atoms with van der Waals surface area (Å²) in [6.07, 6.45) is 7.45. The highest BCUT2D eigenvalue weighted by molar-refractivity contribution is 9.09. The molecular weight excluding hydrogens is 280 g/mol. The lowest BCUT2D eigenvalue weighted by Crippen LogP contribution is -1.86. The monoisotopic (exact) mass is 298 g/mol. The van der Waals surface area contributed by atoms with Crippen LogP contribution in [-0.2, 0) is 6.42 Å². The number of aryl methyl sites for hydroxylation is 1. The van der Waals surface area contributed by atoms with Crippen LogP contribution in [-0.4, -0.2) is 5.33 Å². The van der Waals surface area contributed by atoms with Crippen LogP contribution in [0.25, 0.3) is 0 Å². The third kappa shape index (κ3) is 5.18. The molecule has 0 N–H and O–H groups in total. The summed E-state index contributed by atoms with van der Waals surface area (Å²) in [5, 5.41) is 3.13. The van der Waals surface area contributed by atoms with E-state index in [0.29, 0.717) is 0 Å². The molecule has 0 nitrogen and oxygen atoms in total. The molecule has 0 fully saturated rings. The van der Waals surface area contributed by atoms with E-state index in [0.717, 1.165) is 11.8 Å². The van der Waals surface area contributed by atoms with Crippen molar-refractivity contribution >= 4 is 27.3 Å². The Balaban J connectivity index is 2.42. The van der Waals surface area contributed by atoms with Gasteiger partial charge in [-0.15, -0.1) is 11.3 Å². The van der Waals surface area contributed by atoms with Gasteiger partial charge in [0.25, 0.3) is 0 Å². The Bertz CT molecular complexity index is 343. The lowest BCUT2D eigenvalue weighted by Gasteiger charge is -1.98. The molecule has 0 unspecified atom stereocenters. The molecule has 0 aliphatic carbocycles. The number of hydrogen-bond acceptors (Lipinski definition) is 1. The molecule has 88 valence electrons. The second kappa shape index (κ2) is 8.84. The van der Waals surface area contributed by atoms with Crippen molar-refractivity contribution in [1.82, 2.24) is 0 Å². The van der Waals surface area contributed by atoms with E-state index in [-0.39, 0.29) is 0 Å². The SMILES string of the molecule is CCCCCCc1ccsc1C#CCCBr. The van der Waals surface area contributed by atoms with Crippen molar-refractivity contribution in [3.05, 3.63) is 21.9 Å². The van der Waals surface area contributed by atoms with Crippen molar-refractivity contribution in [2.45, 2.75) is 45.4 Å². The summed E-state index contributed by atoms with van der Waals surface area (Å²) in [6.45, 7) is 2.25. The maximum Gasteiger partial charge on any atom is 0.0800 e. The molecule has 0 aliphatic rings. The minimum absolute atomic E-state index is 0.938. The number of halogens is 1. The highest BCUT2D eigenvalue weighted by atomic mass is 79.9. The first-order valence-electron chi connectivity index (χ1n) is 5.99. The van der Waals surface area contributed by atoms with Crippen molar-refractivity contribution in [1.29, 1.82) is 0 Å². The van der Waals surface area contributed by atoms with Crippen molar-refractivity contribution in [2.24, 2.45) is 0 Å². The van der Waals surface area contributed by atoms with Crippen LogP contribution in [0.5, 0.6) is 0 Å². The fraction of sp³-hybridized carbons (Fsp3) is 0.571. The number of alkyl halides is 1. The summed E-state index contributed by atoms with van der Waals surface area (Å²) < 4.78 is 0. The highest BCUT2D eigenvalue weighted by Gasteiger charge is 2.00. The Kier molecular flexibility index (Phi) is 7.63. The Labute approximate surface area is 112 Å². The van der Waals surface area contributed by atoms with E-state index in [9.17, 15) is 0 Å². The highest BCUT2D eigenvalue weighted by Crippen LogP contribution is 2.18. The lowest BCUT2D eigenvalue weighted by molar-refractivity contribution is 0.667. The third-order valence-corrected chi connectivity index (χ3v) is 3.74. The first-order valence-corrected chi connectivity index (χ1v) is 7.99. The lowest BCUT2D eigenvalue weighted by atomic mass is 10.1. The van der Waals surface area contributed by atoms with Gasteiger partial charge in [-0.05, 0) is 29.9 Å². The van der Waals surface area contributed by atoms with E-state index in [4.69, 9.17) is 0 Å². The molecule has 0 aliphatic heterocycles. The second-order valence-electron chi connectivity index (χ2n) is 3.83. The number of hydrogen-bond donors (Lipinski definition) is 0. The van der Waals surface area contributed by atoms with Gasteiger partial charge in [-0.3, -0.25) is 0 Å². The zero-order chi connectivity index (χ0) is 11.6. The van der Waals surface area contributed by atoms with Gasteiger partial charge in [-0.25, -0.2) is 0 Å². The van der Waals surface area contributed by atoms with Gasteiger partial charge in [0.2, 0.25) is 0 Å². The predicted molar refractivity (Wildman–Crippen MR) is 77.5 cm³/mol. The third-order valence-electron chi connectivity index (χ3n) is 2.47. The van der Waals surface area contributed by atoms with Crippen LogP contribution < -0.4 is 0 Å². The number of rotatable bonds is 6. The van der Waals surface area contributed by atoms with Gasteiger partial charge in [0.1, 0.15) is 0 Å². The normalized spacial score (nSPS) is 9.88. The van der Waals surface area contributed by atoms with Crippen molar-refractivity contribution in [3.63, 3.8) is 0 Å². The first kappa shape index (κ1) is 13.8. The molecule has 1 aromatic rings. The van der Waals surface area contributed by atoms with E-state index < -0.39 is 0 Å². The quantitative estimate of drug-likeness (QED) is 0.393. The summed E-state index contributed by atoms with van der Waals surface area (Å²) in [6, 6.07) is 2.23. The van der Waals surface area contributed by atoms with Crippen molar-refractivity contribution < 1.29 is 0 Å². The summed E-state index contributed by atoms with van der Waals surface area (Å²) >= 11 is 5.17. The molecule has 2 heteroatoms. The first-order chi connectivity index (χ1) is 7.88. The van der Waals surface area contributed by atoms with Crippen LogP contribution in [0.3, 0.4) is 0 Å². The van der Waals surface area contributed by atoms with Crippen LogP contribution in [0.1, 0.15) is 49.5 Å². The topological polar surface area (TPSA) is 0 Å². The molecular formula is C14H19BrS. The molecule has 1 heterocycles. The van der Waals surface area contributed by atoms with E-state index in [2.05, 4.69) is 46.1 Å². The predicted octanol–water partition coefficient (Wildman–Crippen LogP) is 5.01. The van der Waals surface area contributed by atoms with Crippen LogP contribution >= 0.6 is 27.3 Å². The minimum atomic E-state index is 0.938. The van der Waals surface area contributed by atoms with Gasteiger partial charge in [0.15, 0.2) is 0 Å². The zero-order valence-electron chi connectivity index (χ0n) is 9.89. The largest absolute Gasteiger partial charge is 0.135 e. The molecule has 0 atom stereocenters. The van der Waals surface area contributed by atoms with E-state index in [1.165, 1.54) is 42.5 Å². The maximum atomic E-state index is 3.39. The number of unbranched alkanes of at least 4 members (excludes halogenated alkanes) is 3. The van der Waals surface area contributed by atoms with Crippen molar-refractivity contribution in [3.8, 4) is 11.8 Å². The van der Waals surface area contributed by atoms with E-state index in [1.807, 2.05) is 0 Å². The van der Waals surface area contributed by atoms with Crippen LogP contribution in [0, 0.1) is 11.8 Å². The van der Waals surface area contributed by atoms with Gasteiger partial charge in [0.05, 0.1) is 4.88 Å². The fourth-order valence-corrected chi connectivity index (χ4v) is 2.59. The molecule has 16 heavy (non-hydrogen) atoms. The summed E-state index contributed by atoms with van der Waals surface area (Å²) in [5.74, 6) is 6.47. The Morgan fingerprint density at radius 3 is 2.94 bits per heavy atom. The Morgan fingerprint density at radius 2 is 2.19 bits per heavy atom. The molecule has 1 rings (SSSR count). The molecule has 0 saturated carbocycles. The smallest absolute Gasteiger partial charge is 0.0800 e. The molecule has 0 aromatic carbocycles.